The van der Waals surface area contributed by atoms with Crippen LogP contribution < -0.4 is 0 Å². The van der Waals surface area contributed by atoms with Gasteiger partial charge in [0.05, 0.1) is 12.0 Å². The van der Waals surface area contributed by atoms with Gasteiger partial charge in [0.1, 0.15) is 5.60 Å². The highest BCUT2D eigenvalue weighted by molar-refractivity contribution is 5.85. The molecule has 0 saturated carbocycles. The molecule has 1 amide bonds. The molecule has 0 radical (unpaired) electrons. The third-order valence-electron chi connectivity index (χ3n) is 4.47. The number of hydrogen-bond acceptors (Lipinski definition) is 3. The van der Waals surface area contributed by atoms with Crippen molar-refractivity contribution in [2.24, 2.45) is 5.92 Å². The van der Waals surface area contributed by atoms with E-state index in [4.69, 9.17) is 4.74 Å². The zero-order valence-corrected chi connectivity index (χ0v) is 11.6. The summed E-state index contributed by atoms with van der Waals surface area (Å²) < 4.78 is 5.73. The van der Waals surface area contributed by atoms with Gasteiger partial charge in [-0.2, -0.15) is 0 Å². The monoisotopic (exact) mass is 273 g/mol. The summed E-state index contributed by atoms with van der Waals surface area (Å²) >= 11 is 0. The van der Waals surface area contributed by atoms with Crippen molar-refractivity contribution in [2.75, 3.05) is 7.05 Å². The molecule has 0 unspecified atom stereocenters. The summed E-state index contributed by atoms with van der Waals surface area (Å²) in [6.07, 6.45) is 3.18. The number of carbonyl (C=O) groups is 2. The van der Waals surface area contributed by atoms with Gasteiger partial charge < -0.3 is 14.4 Å². The van der Waals surface area contributed by atoms with Crippen molar-refractivity contribution in [3.8, 4) is 0 Å². The fraction of sp³-hybridized carbons (Fsp3) is 0.500. The van der Waals surface area contributed by atoms with Crippen LogP contribution in [0.25, 0.3) is 0 Å². The van der Waals surface area contributed by atoms with Crippen LogP contribution in [0.5, 0.6) is 0 Å². The third kappa shape index (κ3) is 2.14. The molecule has 2 saturated heterocycles. The molecule has 4 nitrogen and oxygen atoms in total. The van der Waals surface area contributed by atoms with E-state index < -0.39 is 5.60 Å². The average molecular weight is 273 g/mol. The molecule has 106 valence electrons. The molecule has 20 heavy (non-hydrogen) atoms. The van der Waals surface area contributed by atoms with Crippen LogP contribution in [0, 0.1) is 5.92 Å². The molecule has 2 aliphatic heterocycles. The van der Waals surface area contributed by atoms with Crippen molar-refractivity contribution in [3.63, 3.8) is 0 Å². The molecule has 0 N–H and O–H groups in total. The smallest absolute Gasteiger partial charge is 0.229 e. The second-order valence-electron chi connectivity index (χ2n) is 5.82. The fourth-order valence-electron chi connectivity index (χ4n) is 3.38. The minimum absolute atomic E-state index is 0.0168. The highest BCUT2D eigenvalue weighted by Crippen LogP contribution is 2.47. The van der Waals surface area contributed by atoms with Gasteiger partial charge in [0.25, 0.3) is 0 Å². The number of ether oxygens (including phenoxy) is 1. The van der Waals surface area contributed by atoms with Crippen molar-refractivity contribution >= 4 is 12.2 Å². The number of fused-ring (bicyclic) bond motifs is 2. The Bertz CT molecular complexity index is 516. The Hall–Kier alpha value is -1.68. The Balaban J connectivity index is 1.71. The molecule has 2 heterocycles. The topological polar surface area (TPSA) is 46.6 Å². The molecular formula is C16H19NO3. The molecule has 0 spiro atoms. The summed E-state index contributed by atoms with van der Waals surface area (Å²) in [6, 6.07) is 9.87. The molecule has 0 aromatic heterocycles. The van der Waals surface area contributed by atoms with Crippen LogP contribution in [0.4, 0.5) is 0 Å². The van der Waals surface area contributed by atoms with Crippen molar-refractivity contribution in [3.05, 3.63) is 35.9 Å². The lowest BCUT2D eigenvalue weighted by Gasteiger charge is -2.30. The molecule has 2 bridgehead atoms. The van der Waals surface area contributed by atoms with Crippen LogP contribution >= 0.6 is 0 Å². The first-order valence-corrected chi connectivity index (χ1v) is 7.08. The quantitative estimate of drug-likeness (QED) is 0.786. The van der Waals surface area contributed by atoms with Gasteiger partial charge in [0, 0.05) is 13.6 Å². The van der Waals surface area contributed by atoms with Crippen LogP contribution in [-0.2, 0) is 20.9 Å². The Morgan fingerprint density at radius 2 is 2.20 bits per heavy atom. The molecule has 0 aliphatic carbocycles. The maximum atomic E-state index is 12.6. The molecule has 4 heteroatoms. The zero-order chi connectivity index (χ0) is 14.2. The SMILES string of the molecule is CN(Cc1ccccc1)C(=O)[C@H]1C[C@@H]2CC[C@@]1(C=O)O2. The van der Waals surface area contributed by atoms with E-state index >= 15 is 0 Å². The van der Waals surface area contributed by atoms with Crippen LogP contribution in [0.3, 0.4) is 0 Å². The lowest BCUT2D eigenvalue weighted by Crippen LogP contribution is -2.45. The van der Waals surface area contributed by atoms with Gasteiger partial charge in [-0.15, -0.1) is 0 Å². The number of rotatable bonds is 4. The maximum Gasteiger partial charge on any atom is 0.229 e. The van der Waals surface area contributed by atoms with Crippen molar-refractivity contribution in [2.45, 2.75) is 37.5 Å². The van der Waals surface area contributed by atoms with Crippen LogP contribution in [-0.4, -0.2) is 35.8 Å². The highest BCUT2D eigenvalue weighted by Gasteiger charge is 2.57. The van der Waals surface area contributed by atoms with E-state index in [1.807, 2.05) is 30.3 Å². The summed E-state index contributed by atoms with van der Waals surface area (Å²) in [4.78, 5) is 25.7. The maximum absolute atomic E-state index is 12.6. The van der Waals surface area contributed by atoms with E-state index in [1.54, 1.807) is 11.9 Å². The van der Waals surface area contributed by atoms with Gasteiger partial charge in [-0.25, -0.2) is 0 Å². The van der Waals surface area contributed by atoms with E-state index in [0.717, 1.165) is 18.3 Å². The first kappa shape index (κ1) is 13.3. The normalized spacial score (nSPS) is 31.2. The van der Waals surface area contributed by atoms with Gasteiger partial charge in [-0.3, -0.25) is 4.79 Å². The molecule has 2 aliphatic rings. The summed E-state index contributed by atoms with van der Waals surface area (Å²) in [6.45, 7) is 0.565. The lowest BCUT2D eigenvalue weighted by atomic mass is 9.78. The number of aldehydes is 1. The average Bonchev–Trinajstić information content (AvgIpc) is 3.06. The Morgan fingerprint density at radius 1 is 1.45 bits per heavy atom. The first-order valence-electron chi connectivity index (χ1n) is 7.08. The Kier molecular flexibility index (Phi) is 3.34. The van der Waals surface area contributed by atoms with Crippen LogP contribution in [0.15, 0.2) is 30.3 Å². The van der Waals surface area contributed by atoms with Crippen LogP contribution in [0.1, 0.15) is 24.8 Å². The first-order chi connectivity index (χ1) is 9.64. The fourth-order valence-corrected chi connectivity index (χ4v) is 3.38. The standard InChI is InChI=1S/C16H19NO3/c1-17(10-12-5-3-2-4-6-12)15(19)14-9-13-7-8-16(14,11-18)20-13/h2-6,11,13-14H,7-10H2,1H3/t13-,14+,16-/m0/s1. The molecule has 1 aromatic carbocycles. The molecule has 3 atom stereocenters. The van der Waals surface area contributed by atoms with Crippen molar-refractivity contribution in [1.29, 1.82) is 0 Å². The number of nitrogens with zero attached hydrogens (tertiary/aromatic N) is 1. The highest BCUT2D eigenvalue weighted by atomic mass is 16.5. The van der Waals surface area contributed by atoms with Crippen molar-refractivity contribution in [1.82, 2.24) is 4.90 Å². The summed E-state index contributed by atoms with van der Waals surface area (Å²) in [7, 11) is 1.79. The predicted molar refractivity (Wildman–Crippen MR) is 73.9 cm³/mol. The van der Waals surface area contributed by atoms with Gasteiger partial charge >= 0.3 is 0 Å². The van der Waals surface area contributed by atoms with E-state index in [1.165, 1.54) is 0 Å². The molecular weight excluding hydrogens is 254 g/mol. The van der Waals surface area contributed by atoms with Crippen molar-refractivity contribution < 1.29 is 14.3 Å². The van der Waals surface area contributed by atoms with Crippen LogP contribution in [0.2, 0.25) is 0 Å². The van der Waals surface area contributed by atoms with E-state index in [9.17, 15) is 9.59 Å². The summed E-state index contributed by atoms with van der Waals surface area (Å²) in [5.41, 5.74) is 0.236. The van der Waals surface area contributed by atoms with Gasteiger partial charge in [-0.1, -0.05) is 30.3 Å². The Labute approximate surface area is 118 Å². The third-order valence-corrected chi connectivity index (χ3v) is 4.47. The number of carbonyl (C=O) groups excluding carboxylic acids is 2. The molecule has 1 aromatic rings. The zero-order valence-electron chi connectivity index (χ0n) is 11.6. The van der Waals surface area contributed by atoms with Gasteiger partial charge in [0.15, 0.2) is 6.29 Å². The minimum atomic E-state index is -0.854. The minimum Gasteiger partial charge on any atom is -0.363 e. The van der Waals surface area contributed by atoms with E-state index in [2.05, 4.69) is 0 Å². The summed E-state index contributed by atoms with van der Waals surface area (Å²) in [5.74, 6) is -0.296. The van der Waals surface area contributed by atoms with Gasteiger partial charge in [-0.05, 0) is 24.8 Å². The Morgan fingerprint density at radius 3 is 2.85 bits per heavy atom. The second kappa shape index (κ2) is 5.02. The lowest BCUT2D eigenvalue weighted by molar-refractivity contribution is -0.145. The van der Waals surface area contributed by atoms with E-state index in [0.29, 0.717) is 19.4 Å². The number of benzene rings is 1. The summed E-state index contributed by atoms with van der Waals surface area (Å²) in [5, 5.41) is 0. The van der Waals surface area contributed by atoms with E-state index in [-0.39, 0.29) is 17.9 Å². The second-order valence-corrected chi connectivity index (χ2v) is 5.82. The number of hydrogen-bond donors (Lipinski definition) is 0. The molecule has 3 rings (SSSR count). The molecule has 2 fully saturated rings. The van der Waals surface area contributed by atoms with Gasteiger partial charge in [0.2, 0.25) is 5.91 Å². The predicted octanol–water partition coefficient (Wildman–Crippen LogP) is 1.78. The number of amides is 1. The largest absolute Gasteiger partial charge is 0.363 e.